The van der Waals surface area contributed by atoms with Crippen LogP contribution >= 0.6 is 35.0 Å². The van der Waals surface area contributed by atoms with Gasteiger partial charge in [-0.1, -0.05) is 47.5 Å². The Morgan fingerprint density at radius 3 is 2.47 bits per heavy atom. The van der Waals surface area contributed by atoms with Gasteiger partial charge < -0.3 is 19.5 Å². The number of imide groups is 1. The van der Waals surface area contributed by atoms with Gasteiger partial charge in [0.15, 0.2) is 11.5 Å². The van der Waals surface area contributed by atoms with Crippen LogP contribution in [0.25, 0.3) is 6.08 Å². The summed E-state index contributed by atoms with van der Waals surface area (Å²) >= 11 is 12.9. The summed E-state index contributed by atoms with van der Waals surface area (Å²) in [5.74, 6) is 0.275. The lowest BCUT2D eigenvalue weighted by molar-refractivity contribution is -0.127. The molecule has 1 heterocycles. The predicted octanol–water partition coefficient (Wildman–Crippen LogP) is 6.26. The molecule has 0 saturated carbocycles. The van der Waals surface area contributed by atoms with E-state index in [0.29, 0.717) is 38.5 Å². The molecule has 0 aromatic heterocycles. The molecule has 0 radical (unpaired) electrons. The van der Waals surface area contributed by atoms with Gasteiger partial charge in [0.1, 0.15) is 18.9 Å². The standard InChI is InChI=1S/C27H22Cl2N2O6S/c1-35-21-6-4-3-5-20(21)30-25(32)14-31-26(33)24(38-27(31)34)12-16-7-10-22(23(11-16)36-2)37-15-17-8-9-18(28)13-19(17)29/h3-13H,14-15H2,1-2H3,(H,30,32)/b24-12+. The summed E-state index contributed by atoms with van der Waals surface area (Å²) < 4.78 is 16.5. The van der Waals surface area contributed by atoms with Crippen LogP contribution < -0.4 is 19.5 Å². The second-order valence-corrected chi connectivity index (χ2v) is 9.79. The Labute approximate surface area is 233 Å². The van der Waals surface area contributed by atoms with Gasteiger partial charge >= 0.3 is 0 Å². The summed E-state index contributed by atoms with van der Waals surface area (Å²) in [6.45, 7) is -0.231. The second kappa shape index (κ2) is 12.3. The molecule has 4 rings (SSSR count). The monoisotopic (exact) mass is 572 g/mol. The summed E-state index contributed by atoms with van der Waals surface area (Å²) in [5.41, 5.74) is 1.81. The number of carbonyl (C=O) groups is 3. The summed E-state index contributed by atoms with van der Waals surface area (Å²) in [6.07, 6.45) is 1.56. The minimum atomic E-state index is -0.563. The van der Waals surface area contributed by atoms with E-state index in [1.807, 2.05) is 0 Å². The highest BCUT2D eigenvalue weighted by atomic mass is 35.5. The number of nitrogens with one attached hydrogen (secondary N) is 1. The summed E-state index contributed by atoms with van der Waals surface area (Å²) in [5, 5.41) is 3.14. The molecule has 0 spiro atoms. The van der Waals surface area contributed by atoms with Gasteiger partial charge in [0.2, 0.25) is 5.91 Å². The molecule has 11 heteroatoms. The Balaban J connectivity index is 1.44. The maximum atomic E-state index is 12.9. The third kappa shape index (κ3) is 6.42. The number of rotatable bonds is 9. The zero-order valence-electron chi connectivity index (χ0n) is 20.3. The van der Waals surface area contributed by atoms with Gasteiger partial charge in [-0.05, 0) is 59.8 Å². The molecule has 1 N–H and O–H groups in total. The van der Waals surface area contributed by atoms with Gasteiger partial charge in [0.25, 0.3) is 11.1 Å². The Bertz CT molecular complexity index is 1430. The second-order valence-electron chi connectivity index (χ2n) is 7.95. The van der Waals surface area contributed by atoms with Gasteiger partial charge in [-0.15, -0.1) is 0 Å². The third-order valence-electron chi connectivity index (χ3n) is 5.44. The highest BCUT2D eigenvalue weighted by Crippen LogP contribution is 2.35. The minimum absolute atomic E-state index is 0.184. The molecular formula is C27H22Cl2N2O6S. The number of hydrogen-bond donors (Lipinski definition) is 1. The molecule has 1 aliphatic rings. The minimum Gasteiger partial charge on any atom is -0.495 e. The smallest absolute Gasteiger partial charge is 0.294 e. The summed E-state index contributed by atoms with van der Waals surface area (Å²) in [7, 11) is 2.98. The topological polar surface area (TPSA) is 94.2 Å². The normalized spacial score (nSPS) is 14.1. The maximum Gasteiger partial charge on any atom is 0.294 e. The molecular weight excluding hydrogens is 551 g/mol. The van der Waals surface area contributed by atoms with Gasteiger partial charge in [-0.25, -0.2) is 0 Å². The zero-order valence-corrected chi connectivity index (χ0v) is 22.7. The van der Waals surface area contributed by atoms with Crippen LogP contribution in [-0.4, -0.2) is 42.7 Å². The molecule has 3 amide bonds. The number of benzene rings is 3. The van der Waals surface area contributed by atoms with Crippen molar-refractivity contribution in [2.75, 3.05) is 26.1 Å². The van der Waals surface area contributed by atoms with Crippen LogP contribution in [0.5, 0.6) is 17.2 Å². The first-order valence-corrected chi connectivity index (χ1v) is 12.8. The van der Waals surface area contributed by atoms with E-state index in [4.69, 9.17) is 37.4 Å². The largest absolute Gasteiger partial charge is 0.495 e. The van der Waals surface area contributed by atoms with Crippen molar-refractivity contribution in [2.24, 2.45) is 0 Å². The van der Waals surface area contributed by atoms with E-state index in [1.54, 1.807) is 66.7 Å². The Morgan fingerprint density at radius 2 is 1.74 bits per heavy atom. The number of para-hydroxylation sites is 2. The number of amides is 3. The molecule has 3 aromatic rings. The van der Waals surface area contributed by atoms with Crippen LogP contribution in [0.1, 0.15) is 11.1 Å². The molecule has 1 aliphatic heterocycles. The fraction of sp³-hybridized carbons (Fsp3) is 0.148. The van der Waals surface area contributed by atoms with Crippen LogP contribution in [0, 0.1) is 0 Å². The molecule has 196 valence electrons. The number of nitrogens with zero attached hydrogens (tertiary/aromatic N) is 1. The Kier molecular flexibility index (Phi) is 8.83. The lowest BCUT2D eigenvalue weighted by Crippen LogP contribution is -2.36. The quantitative estimate of drug-likeness (QED) is 0.302. The van der Waals surface area contributed by atoms with Crippen molar-refractivity contribution in [2.45, 2.75) is 6.61 Å². The van der Waals surface area contributed by atoms with Crippen LogP contribution in [0.2, 0.25) is 10.0 Å². The number of halogens is 2. The van der Waals surface area contributed by atoms with Crippen molar-refractivity contribution in [1.29, 1.82) is 0 Å². The summed E-state index contributed by atoms with van der Waals surface area (Å²) in [6, 6.07) is 17.1. The molecule has 0 aliphatic carbocycles. The third-order valence-corrected chi connectivity index (χ3v) is 6.93. The first-order chi connectivity index (χ1) is 18.3. The number of ether oxygens (including phenoxy) is 3. The van der Waals surface area contributed by atoms with Crippen molar-refractivity contribution >= 4 is 63.8 Å². The molecule has 0 unspecified atom stereocenters. The first kappa shape index (κ1) is 27.4. The molecule has 1 fully saturated rings. The van der Waals surface area contributed by atoms with E-state index in [2.05, 4.69) is 5.32 Å². The van der Waals surface area contributed by atoms with Gasteiger partial charge in [0.05, 0.1) is 24.8 Å². The zero-order chi connectivity index (χ0) is 27.2. The fourth-order valence-corrected chi connectivity index (χ4v) is 4.86. The van der Waals surface area contributed by atoms with Gasteiger partial charge in [-0.2, -0.15) is 0 Å². The molecule has 38 heavy (non-hydrogen) atoms. The molecule has 8 nitrogen and oxygen atoms in total. The highest BCUT2D eigenvalue weighted by Gasteiger charge is 2.36. The van der Waals surface area contributed by atoms with Gasteiger partial charge in [-0.3, -0.25) is 19.3 Å². The van der Waals surface area contributed by atoms with Gasteiger partial charge in [0, 0.05) is 15.6 Å². The Morgan fingerprint density at radius 1 is 0.974 bits per heavy atom. The summed E-state index contributed by atoms with van der Waals surface area (Å²) in [4.78, 5) is 39.0. The number of carbonyl (C=O) groups excluding carboxylic acids is 3. The average Bonchev–Trinajstić information content (AvgIpc) is 3.16. The van der Waals surface area contributed by atoms with Crippen molar-refractivity contribution in [1.82, 2.24) is 4.90 Å². The molecule has 1 saturated heterocycles. The van der Waals surface area contributed by atoms with E-state index < -0.39 is 23.6 Å². The van der Waals surface area contributed by atoms with Crippen molar-refractivity contribution in [3.8, 4) is 17.2 Å². The first-order valence-electron chi connectivity index (χ1n) is 11.2. The molecule has 0 bridgehead atoms. The number of hydrogen-bond acceptors (Lipinski definition) is 7. The lowest BCUT2D eigenvalue weighted by atomic mass is 10.1. The lowest BCUT2D eigenvalue weighted by Gasteiger charge is -2.14. The predicted molar refractivity (Wildman–Crippen MR) is 148 cm³/mol. The van der Waals surface area contributed by atoms with Crippen LogP contribution in [0.4, 0.5) is 10.5 Å². The van der Waals surface area contributed by atoms with E-state index in [9.17, 15) is 14.4 Å². The van der Waals surface area contributed by atoms with E-state index >= 15 is 0 Å². The van der Waals surface area contributed by atoms with E-state index in [1.165, 1.54) is 14.2 Å². The van der Waals surface area contributed by atoms with Crippen molar-refractivity contribution in [3.05, 3.63) is 86.7 Å². The van der Waals surface area contributed by atoms with Crippen molar-refractivity contribution < 1.29 is 28.6 Å². The SMILES string of the molecule is COc1ccccc1NC(=O)CN1C(=O)S/C(=C/c2ccc(OCc3ccc(Cl)cc3Cl)c(OC)c2)C1=O. The highest BCUT2D eigenvalue weighted by molar-refractivity contribution is 8.18. The van der Waals surface area contributed by atoms with Crippen LogP contribution in [-0.2, 0) is 16.2 Å². The van der Waals surface area contributed by atoms with E-state index in [0.717, 1.165) is 22.2 Å². The number of methoxy groups -OCH3 is 2. The van der Waals surface area contributed by atoms with Crippen LogP contribution in [0.3, 0.4) is 0 Å². The fourth-order valence-electron chi connectivity index (χ4n) is 3.56. The maximum absolute atomic E-state index is 12.9. The average molecular weight is 573 g/mol. The number of anilines is 1. The molecule has 0 atom stereocenters. The Hall–Kier alpha value is -3.66. The van der Waals surface area contributed by atoms with Crippen LogP contribution in [0.15, 0.2) is 65.6 Å². The molecule has 3 aromatic carbocycles. The van der Waals surface area contributed by atoms with Crippen molar-refractivity contribution in [3.63, 3.8) is 0 Å². The number of thioether (sulfide) groups is 1. The van der Waals surface area contributed by atoms with E-state index in [-0.39, 0.29) is 11.5 Å².